The number of aromatic nitrogens is 5. The molecule has 0 spiro atoms. The van der Waals surface area contributed by atoms with Crippen molar-refractivity contribution in [3.8, 4) is 22.6 Å². The Hall–Kier alpha value is -3.03. The van der Waals surface area contributed by atoms with E-state index in [0.29, 0.717) is 33.9 Å². The molecule has 158 valence electrons. The van der Waals surface area contributed by atoms with E-state index in [4.69, 9.17) is 16.6 Å². The molecule has 1 fully saturated rings. The summed E-state index contributed by atoms with van der Waals surface area (Å²) in [5.74, 6) is 0.512. The Morgan fingerprint density at radius 1 is 1.10 bits per heavy atom. The Morgan fingerprint density at radius 2 is 1.87 bits per heavy atom. The molecule has 1 aliphatic carbocycles. The lowest BCUT2D eigenvalue weighted by Crippen LogP contribution is -2.36. The Balaban J connectivity index is 1.82. The summed E-state index contributed by atoms with van der Waals surface area (Å²) in [4.78, 5) is 23.2. The van der Waals surface area contributed by atoms with Crippen molar-refractivity contribution < 1.29 is 5.11 Å². The number of pyridine rings is 1. The van der Waals surface area contributed by atoms with Crippen LogP contribution in [0.1, 0.15) is 31.7 Å². The second-order valence-corrected chi connectivity index (χ2v) is 8.43. The maximum absolute atomic E-state index is 13.8. The van der Waals surface area contributed by atoms with Gasteiger partial charge in [0.1, 0.15) is 11.3 Å². The van der Waals surface area contributed by atoms with E-state index >= 15 is 0 Å². The van der Waals surface area contributed by atoms with Crippen LogP contribution in [0.3, 0.4) is 0 Å². The van der Waals surface area contributed by atoms with Crippen LogP contribution < -0.4 is 5.56 Å². The minimum absolute atomic E-state index is 0.173. The lowest BCUT2D eigenvalue weighted by molar-refractivity contribution is 0.0744. The van der Waals surface area contributed by atoms with E-state index in [1.807, 2.05) is 25.4 Å². The van der Waals surface area contributed by atoms with E-state index in [-0.39, 0.29) is 11.6 Å². The van der Waals surface area contributed by atoms with Crippen LogP contribution in [0.2, 0.25) is 5.02 Å². The van der Waals surface area contributed by atoms with E-state index < -0.39 is 6.10 Å². The van der Waals surface area contributed by atoms with Crippen molar-refractivity contribution in [3.63, 3.8) is 0 Å². The predicted molar refractivity (Wildman–Crippen MR) is 120 cm³/mol. The van der Waals surface area contributed by atoms with Crippen molar-refractivity contribution in [3.05, 3.63) is 64.3 Å². The summed E-state index contributed by atoms with van der Waals surface area (Å²) in [7, 11) is 1.83. The van der Waals surface area contributed by atoms with Crippen molar-refractivity contribution in [2.24, 2.45) is 7.05 Å². The topological polar surface area (TPSA) is 85.8 Å². The molecule has 5 rings (SSSR count). The van der Waals surface area contributed by atoms with Gasteiger partial charge < -0.3 is 5.11 Å². The lowest BCUT2D eigenvalue weighted by Gasteiger charge is -2.31. The van der Waals surface area contributed by atoms with Gasteiger partial charge in [0.05, 0.1) is 29.4 Å². The van der Waals surface area contributed by atoms with Crippen molar-refractivity contribution >= 4 is 22.5 Å². The molecular formula is C23H22ClN5O2. The van der Waals surface area contributed by atoms with Crippen LogP contribution in [0.5, 0.6) is 0 Å². The molecule has 1 saturated carbocycles. The molecule has 8 heteroatoms. The quantitative estimate of drug-likeness (QED) is 0.526. The molecule has 7 nitrogen and oxygen atoms in total. The van der Waals surface area contributed by atoms with Crippen molar-refractivity contribution in [1.29, 1.82) is 0 Å². The molecule has 31 heavy (non-hydrogen) atoms. The maximum atomic E-state index is 13.8. The average Bonchev–Trinajstić information content (AvgIpc) is 3.21. The monoisotopic (exact) mass is 435 g/mol. The number of aliphatic hydroxyl groups is 1. The first-order chi connectivity index (χ1) is 15.0. The van der Waals surface area contributed by atoms with E-state index in [2.05, 4.69) is 10.1 Å². The third kappa shape index (κ3) is 3.54. The van der Waals surface area contributed by atoms with E-state index in [0.717, 1.165) is 30.4 Å². The molecule has 1 N–H and O–H groups in total. The summed E-state index contributed by atoms with van der Waals surface area (Å²) in [6.45, 7) is 0. The second-order valence-electron chi connectivity index (χ2n) is 8.00. The number of nitrogens with zero attached hydrogens (tertiary/aromatic N) is 5. The molecule has 4 aromatic rings. The SMILES string of the molecule is Cn1cc(-c2nccc3c(=O)n([C@H]4CCCC[C@H]4O)c(-c4ccc(Cl)cc4)nc23)cn1. The van der Waals surface area contributed by atoms with Crippen LogP contribution in [0.15, 0.2) is 53.7 Å². The summed E-state index contributed by atoms with van der Waals surface area (Å²) >= 11 is 6.10. The fourth-order valence-electron chi connectivity index (χ4n) is 4.38. The third-order valence-corrected chi connectivity index (χ3v) is 6.18. The number of hydrogen-bond donors (Lipinski definition) is 1. The first-order valence-electron chi connectivity index (χ1n) is 10.4. The van der Waals surface area contributed by atoms with Gasteiger partial charge in [0.25, 0.3) is 5.56 Å². The van der Waals surface area contributed by atoms with Crippen LogP contribution in [-0.2, 0) is 7.05 Å². The number of aliphatic hydroxyl groups excluding tert-OH is 1. The summed E-state index contributed by atoms with van der Waals surface area (Å²) < 4.78 is 3.36. The Bertz CT molecular complexity index is 1310. The molecule has 0 radical (unpaired) electrons. The molecule has 0 bridgehead atoms. The van der Waals surface area contributed by atoms with Crippen LogP contribution >= 0.6 is 11.6 Å². The summed E-state index contributed by atoms with van der Waals surface area (Å²) in [6.07, 6.45) is 7.92. The number of fused-ring (bicyclic) bond motifs is 1. The summed E-state index contributed by atoms with van der Waals surface area (Å²) in [6, 6.07) is 8.63. The second kappa shape index (κ2) is 7.90. The van der Waals surface area contributed by atoms with Gasteiger partial charge in [-0.15, -0.1) is 0 Å². The Kier molecular flexibility index (Phi) is 5.08. The fourth-order valence-corrected chi connectivity index (χ4v) is 4.51. The zero-order chi connectivity index (χ0) is 21.5. The summed E-state index contributed by atoms with van der Waals surface area (Å²) in [5, 5.41) is 16.1. The number of hydrogen-bond acceptors (Lipinski definition) is 5. The van der Waals surface area contributed by atoms with Gasteiger partial charge in [0, 0.05) is 35.6 Å². The third-order valence-electron chi connectivity index (χ3n) is 5.93. The van der Waals surface area contributed by atoms with E-state index in [1.165, 1.54) is 0 Å². The Labute approximate surface area is 184 Å². The highest BCUT2D eigenvalue weighted by Gasteiger charge is 2.29. The summed E-state index contributed by atoms with van der Waals surface area (Å²) in [5.41, 5.74) is 2.51. The molecule has 3 heterocycles. The predicted octanol–water partition coefficient (Wildman–Crippen LogP) is 3.99. The fraction of sp³-hybridized carbons (Fsp3) is 0.304. The number of aryl methyl sites for hydroxylation is 1. The molecule has 0 saturated heterocycles. The number of rotatable bonds is 3. The smallest absolute Gasteiger partial charge is 0.262 e. The van der Waals surface area contributed by atoms with E-state index in [1.54, 1.807) is 39.8 Å². The van der Waals surface area contributed by atoms with Crippen molar-refractivity contribution in [2.45, 2.75) is 37.8 Å². The van der Waals surface area contributed by atoms with Crippen molar-refractivity contribution in [2.75, 3.05) is 0 Å². The van der Waals surface area contributed by atoms with Gasteiger partial charge in [-0.2, -0.15) is 5.10 Å². The van der Waals surface area contributed by atoms with Crippen molar-refractivity contribution in [1.82, 2.24) is 24.3 Å². The first-order valence-corrected chi connectivity index (χ1v) is 10.7. The molecule has 1 aliphatic rings. The standard InChI is InChI=1S/C23H22ClN5O2/c1-28-13-15(12-26-28)20-21-17(10-11-25-20)23(31)29(18-4-2-3-5-19(18)30)22(27-21)14-6-8-16(24)9-7-14/h6-13,18-19,30H,2-5H2,1H3/t18-,19+/m0/s1. The highest BCUT2D eigenvalue weighted by atomic mass is 35.5. The van der Waals surface area contributed by atoms with Gasteiger partial charge >= 0.3 is 0 Å². The van der Waals surface area contributed by atoms with Gasteiger partial charge in [0.15, 0.2) is 0 Å². The van der Waals surface area contributed by atoms with E-state index in [9.17, 15) is 9.90 Å². The van der Waals surface area contributed by atoms with Crippen LogP contribution in [0.25, 0.3) is 33.5 Å². The van der Waals surface area contributed by atoms with Crippen LogP contribution in [0.4, 0.5) is 0 Å². The molecule has 0 unspecified atom stereocenters. The van der Waals surface area contributed by atoms with Gasteiger partial charge in [-0.3, -0.25) is 19.0 Å². The molecule has 0 amide bonds. The maximum Gasteiger partial charge on any atom is 0.262 e. The minimum Gasteiger partial charge on any atom is -0.391 e. The molecular weight excluding hydrogens is 414 g/mol. The molecule has 3 aromatic heterocycles. The normalized spacial score (nSPS) is 19.1. The zero-order valence-corrected chi connectivity index (χ0v) is 17.8. The first kappa shape index (κ1) is 19.9. The van der Waals surface area contributed by atoms with Gasteiger partial charge in [-0.1, -0.05) is 24.4 Å². The van der Waals surface area contributed by atoms with Gasteiger partial charge in [0.2, 0.25) is 0 Å². The molecule has 1 aromatic carbocycles. The minimum atomic E-state index is -0.587. The highest BCUT2D eigenvalue weighted by molar-refractivity contribution is 6.30. The number of benzene rings is 1. The highest BCUT2D eigenvalue weighted by Crippen LogP contribution is 2.33. The molecule has 2 atom stereocenters. The number of halogens is 1. The van der Waals surface area contributed by atoms with Crippen LogP contribution in [0, 0.1) is 0 Å². The van der Waals surface area contributed by atoms with Crippen LogP contribution in [-0.4, -0.2) is 35.5 Å². The lowest BCUT2D eigenvalue weighted by atomic mass is 9.92. The molecule has 0 aliphatic heterocycles. The Morgan fingerprint density at radius 3 is 2.58 bits per heavy atom. The average molecular weight is 436 g/mol. The van der Waals surface area contributed by atoms with Gasteiger partial charge in [-0.05, 0) is 43.2 Å². The largest absolute Gasteiger partial charge is 0.391 e. The zero-order valence-electron chi connectivity index (χ0n) is 17.1. The van der Waals surface area contributed by atoms with Gasteiger partial charge in [-0.25, -0.2) is 4.98 Å².